The predicted molar refractivity (Wildman–Crippen MR) is 98.9 cm³/mol. The monoisotopic (exact) mass is 326 g/mol. The summed E-state index contributed by atoms with van der Waals surface area (Å²) in [6, 6.07) is 24.8. The largest absolute Gasteiger partial charge is 0.489 e. The SMILES string of the molecule is Cc1ccccc1C12Oc3ccccc3C=C1COc1ccccc12. The molecule has 0 amide bonds. The van der Waals surface area contributed by atoms with Crippen molar-refractivity contribution in [3.8, 4) is 11.5 Å². The van der Waals surface area contributed by atoms with Gasteiger partial charge in [0.2, 0.25) is 0 Å². The number of benzene rings is 3. The molecule has 0 aromatic heterocycles. The van der Waals surface area contributed by atoms with Crippen molar-refractivity contribution in [2.24, 2.45) is 0 Å². The highest BCUT2D eigenvalue weighted by molar-refractivity contribution is 5.71. The van der Waals surface area contributed by atoms with Crippen LogP contribution in [0.4, 0.5) is 0 Å². The molecule has 2 heteroatoms. The van der Waals surface area contributed by atoms with Gasteiger partial charge in [-0.25, -0.2) is 0 Å². The van der Waals surface area contributed by atoms with Gasteiger partial charge in [-0.15, -0.1) is 0 Å². The van der Waals surface area contributed by atoms with Crippen molar-refractivity contribution in [1.29, 1.82) is 0 Å². The number of rotatable bonds is 1. The van der Waals surface area contributed by atoms with Gasteiger partial charge in [0.05, 0.1) is 0 Å². The number of hydrogen-bond donors (Lipinski definition) is 0. The minimum Gasteiger partial charge on any atom is -0.489 e. The molecule has 2 aliphatic heterocycles. The quantitative estimate of drug-likeness (QED) is 0.619. The molecule has 2 heterocycles. The number of fused-ring (bicyclic) bond motifs is 4. The molecule has 3 aromatic rings. The summed E-state index contributed by atoms with van der Waals surface area (Å²) < 4.78 is 12.8. The van der Waals surface area contributed by atoms with Gasteiger partial charge in [0, 0.05) is 22.3 Å². The first-order chi connectivity index (χ1) is 12.3. The van der Waals surface area contributed by atoms with Crippen LogP contribution < -0.4 is 9.47 Å². The fraction of sp³-hybridized carbons (Fsp3) is 0.130. The average molecular weight is 326 g/mol. The molecule has 0 aliphatic carbocycles. The first kappa shape index (κ1) is 14.4. The second kappa shape index (κ2) is 5.25. The second-order valence-electron chi connectivity index (χ2n) is 6.59. The molecule has 25 heavy (non-hydrogen) atoms. The first-order valence-corrected chi connectivity index (χ1v) is 8.56. The standard InChI is InChI=1S/C23H18O2/c1-16-8-2-4-10-19(16)23-18(14-17-9-3-6-12-21(17)25-23)15-24-22-13-7-5-11-20(22)23/h2-14H,15H2,1H3. The summed E-state index contributed by atoms with van der Waals surface area (Å²) in [7, 11) is 0. The number of aryl methyl sites for hydroxylation is 1. The minimum absolute atomic E-state index is 0.527. The van der Waals surface area contributed by atoms with E-state index in [-0.39, 0.29) is 0 Å². The van der Waals surface area contributed by atoms with Gasteiger partial charge in [-0.2, -0.15) is 0 Å². The van der Waals surface area contributed by atoms with Crippen molar-refractivity contribution < 1.29 is 9.47 Å². The van der Waals surface area contributed by atoms with Crippen LogP contribution in [0, 0.1) is 6.92 Å². The molecule has 0 spiro atoms. The molecule has 1 atom stereocenters. The van der Waals surface area contributed by atoms with Crippen molar-refractivity contribution in [3.63, 3.8) is 0 Å². The van der Waals surface area contributed by atoms with Gasteiger partial charge in [0.15, 0.2) is 5.60 Å². The highest BCUT2D eigenvalue weighted by Crippen LogP contribution is 2.52. The summed E-state index contributed by atoms with van der Waals surface area (Å²) in [6.07, 6.45) is 2.22. The van der Waals surface area contributed by atoms with E-state index >= 15 is 0 Å². The van der Waals surface area contributed by atoms with Crippen LogP contribution in [0.1, 0.15) is 22.3 Å². The van der Waals surface area contributed by atoms with E-state index in [1.54, 1.807) is 0 Å². The van der Waals surface area contributed by atoms with Gasteiger partial charge >= 0.3 is 0 Å². The Morgan fingerprint density at radius 1 is 0.760 bits per heavy atom. The van der Waals surface area contributed by atoms with Gasteiger partial charge < -0.3 is 9.47 Å². The Kier molecular flexibility index (Phi) is 3.01. The Bertz CT molecular complexity index is 1000. The molecule has 5 rings (SSSR count). The summed E-state index contributed by atoms with van der Waals surface area (Å²) in [5, 5.41) is 0. The molecule has 3 aromatic carbocycles. The Morgan fingerprint density at radius 3 is 2.28 bits per heavy atom. The van der Waals surface area contributed by atoms with Crippen LogP contribution in [0.2, 0.25) is 0 Å². The predicted octanol–water partition coefficient (Wildman–Crippen LogP) is 5.11. The fourth-order valence-corrected chi connectivity index (χ4v) is 3.96. The fourth-order valence-electron chi connectivity index (χ4n) is 3.96. The van der Waals surface area contributed by atoms with Crippen molar-refractivity contribution in [3.05, 3.63) is 101 Å². The number of ether oxygens (including phenoxy) is 2. The van der Waals surface area contributed by atoms with E-state index in [0.717, 1.165) is 28.2 Å². The summed E-state index contributed by atoms with van der Waals surface area (Å²) in [5.41, 5.74) is 5.06. The van der Waals surface area contributed by atoms with E-state index in [1.165, 1.54) is 11.1 Å². The number of hydrogen-bond acceptors (Lipinski definition) is 2. The Morgan fingerprint density at radius 2 is 1.44 bits per heavy atom. The maximum Gasteiger partial charge on any atom is 0.188 e. The average Bonchev–Trinajstić information content (AvgIpc) is 2.66. The summed E-state index contributed by atoms with van der Waals surface area (Å²) >= 11 is 0. The van der Waals surface area contributed by atoms with E-state index in [1.807, 2.05) is 30.3 Å². The molecule has 122 valence electrons. The van der Waals surface area contributed by atoms with Crippen LogP contribution in [0.3, 0.4) is 0 Å². The second-order valence-corrected chi connectivity index (χ2v) is 6.59. The van der Waals surface area contributed by atoms with Crippen LogP contribution in [0.15, 0.2) is 78.4 Å². The normalized spacial score (nSPS) is 20.3. The van der Waals surface area contributed by atoms with Crippen molar-refractivity contribution in [2.45, 2.75) is 12.5 Å². The third-order valence-corrected chi connectivity index (χ3v) is 5.14. The van der Waals surface area contributed by atoms with Crippen molar-refractivity contribution in [1.82, 2.24) is 0 Å². The maximum atomic E-state index is 6.77. The van der Waals surface area contributed by atoms with E-state index in [2.05, 4.69) is 55.5 Å². The lowest BCUT2D eigenvalue weighted by molar-refractivity contribution is 0.111. The lowest BCUT2D eigenvalue weighted by Gasteiger charge is -2.44. The first-order valence-electron chi connectivity index (χ1n) is 8.56. The van der Waals surface area contributed by atoms with Crippen molar-refractivity contribution in [2.75, 3.05) is 6.61 Å². The maximum absolute atomic E-state index is 6.77. The molecule has 0 fully saturated rings. The lowest BCUT2D eigenvalue weighted by Crippen LogP contribution is -2.44. The highest BCUT2D eigenvalue weighted by atomic mass is 16.5. The summed E-state index contributed by atoms with van der Waals surface area (Å²) in [6.45, 7) is 2.67. The molecule has 0 saturated carbocycles. The molecule has 1 unspecified atom stereocenters. The molecule has 2 aliphatic rings. The van der Waals surface area contributed by atoms with E-state index in [4.69, 9.17) is 9.47 Å². The third-order valence-electron chi connectivity index (χ3n) is 5.14. The van der Waals surface area contributed by atoms with Gasteiger partial charge in [0.25, 0.3) is 0 Å². The highest BCUT2D eigenvalue weighted by Gasteiger charge is 2.48. The Hall–Kier alpha value is -3.00. The Labute approximate surface area is 147 Å². The smallest absolute Gasteiger partial charge is 0.188 e. The molecule has 0 saturated heterocycles. The third kappa shape index (κ3) is 1.97. The molecule has 2 nitrogen and oxygen atoms in total. The van der Waals surface area contributed by atoms with Gasteiger partial charge in [-0.1, -0.05) is 60.7 Å². The molecule has 0 N–H and O–H groups in total. The van der Waals surface area contributed by atoms with E-state index in [9.17, 15) is 0 Å². The van der Waals surface area contributed by atoms with Crippen LogP contribution in [0.5, 0.6) is 11.5 Å². The van der Waals surface area contributed by atoms with Crippen molar-refractivity contribution >= 4 is 6.08 Å². The number of para-hydroxylation sites is 2. The van der Waals surface area contributed by atoms with Gasteiger partial charge in [-0.3, -0.25) is 0 Å². The molecular formula is C23H18O2. The van der Waals surface area contributed by atoms with Gasteiger partial charge in [-0.05, 0) is 30.7 Å². The molecule has 0 radical (unpaired) electrons. The van der Waals surface area contributed by atoms with E-state index in [0.29, 0.717) is 6.61 Å². The Balaban J connectivity index is 1.86. The van der Waals surface area contributed by atoms with E-state index < -0.39 is 5.60 Å². The van der Waals surface area contributed by atoms with Crippen LogP contribution >= 0.6 is 0 Å². The molecular weight excluding hydrogens is 308 g/mol. The lowest BCUT2D eigenvalue weighted by atomic mass is 9.74. The van der Waals surface area contributed by atoms with Crippen LogP contribution in [-0.4, -0.2) is 6.61 Å². The summed E-state index contributed by atoms with van der Waals surface area (Å²) in [5.74, 6) is 1.80. The van der Waals surface area contributed by atoms with Crippen LogP contribution in [0.25, 0.3) is 6.08 Å². The zero-order chi connectivity index (χ0) is 16.9. The zero-order valence-electron chi connectivity index (χ0n) is 14.0. The minimum atomic E-state index is -0.630. The topological polar surface area (TPSA) is 18.5 Å². The summed E-state index contributed by atoms with van der Waals surface area (Å²) in [4.78, 5) is 0. The van der Waals surface area contributed by atoms with Crippen LogP contribution in [-0.2, 0) is 5.60 Å². The van der Waals surface area contributed by atoms with Gasteiger partial charge in [0.1, 0.15) is 18.1 Å². The zero-order valence-corrected chi connectivity index (χ0v) is 14.0. The molecule has 0 bridgehead atoms.